The number of pyridine rings is 1. The molecule has 0 aliphatic rings. The molecular weight excluding hydrogens is 286 g/mol. The highest BCUT2D eigenvalue weighted by molar-refractivity contribution is 14.1. The van der Waals surface area contributed by atoms with Crippen molar-refractivity contribution in [3.8, 4) is 0 Å². The molecule has 2 aromatic rings. The fourth-order valence-electron chi connectivity index (χ4n) is 1.19. The Hall–Kier alpha value is -0.690. The molecule has 3 nitrogen and oxygen atoms in total. The van der Waals surface area contributed by atoms with Gasteiger partial charge < -0.3 is 5.11 Å². The van der Waals surface area contributed by atoms with Gasteiger partial charge in [-0.2, -0.15) is 0 Å². The first-order valence-electron chi connectivity index (χ1n) is 3.65. The van der Waals surface area contributed by atoms with Crippen LogP contribution in [0.15, 0.2) is 18.3 Å². The minimum absolute atomic E-state index is 0.187. The summed E-state index contributed by atoms with van der Waals surface area (Å²) in [6, 6.07) is 3.02. The second kappa shape index (κ2) is 3.22. The Bertz CT molecular complexity index is 455. The summed E-state index contributed by atoms with van der Waals surface area (Å²) in [5.74, 6) is 0.120. The van der Waals surface area contributed by atoms with Crippen molar-refractivity contribution >= 4 is 28.1 Å². The van der Waals surface area contributed by atoms with Crippen molar-refractivity contribution in [1.29, 1.82) is 0 Å². The van der Waals surface area contributed by atoms with Gasteiger partial charge >= 0.3 is 0 Å². The van der Waals surface area contributed by atoms with Gasteiger partial charge in [0.15, 0.2) is 0 Å². The van der Waals surface area contributed by atoms with E-state index >= 15 is 0 Å². The topological polar surface area (TPSA) is 37.5 Å². The minimum atomic E-state index is -0.337. The van der Waals surface area contributed by atoms with Crippen LogP contribution >= 0.6 is 22.6 Å². The first kappa shape index (κ1) is 8.89. The number of rotatable bonds is 1. The smallest absolute Gasteiger partial charge is 0.140 e. The lowest BCUT2D eigenvalue weighted by Crippen LogP contribution is -1.94. The summed E-state index contributed by atoms with van der Waals surface area (Å²) in [4.78, 5) is 4.08. The number of imidazole rings is 1. The molecule has 68 valence electrons. The van der Waals surface area contributed by atoms with Crippen molar-refractivity contribution in [2.24, 2.45) is 0 Å². The highest BCUT2D eigenvalue weighted by Gasteiger charge is 2.07. The SMILES string of the molecule is OCc1nc(I)c2ccc(F)cn12. The number of hydrogen-bond acceptors (Lipinski definition) is 2. The monoisotopic (exact) mass is 292 g/mol. The number of aliphatic hydroxyl groups excluding tert-OH is 1. The predicted molar refractivity (Wildman–Crippen MR) is 53.8 cm³/mol. The summed E-state index contributed by atoms with van der Waals surface area (Å²) < 4.78 is 15.1. The standard InChI is InChI=1S/C8H6FIN2O/c9-5-1-2-6-8(10)11-7(4-13)12(6)3-5/h1-3,13H,4H2. The Kier molecular flexibility index (Phi) is 2.20. The third-order valence-electron chi connectivity index (χ3n) is 1.77. The number of hydrogen-bond donors (Lipinski definition) is 1. The molecule has 13 heavy (non-hydrogen) atoms. The Morgan fingerprint density at radius 2 is 2.31 bits per heavy atom. The molecule has 0 saturated carbocycles. The summed E-state index contributed by atoms with van der Waals surface area (Å²) in [6.07, 6.45) is 1.32. The van der Waals surface area contributed by atoms with Gasteiger partial charge in [-0.05, 0) is 34.7 Å². The fraction of sp³-hybridized carbons (Fsp3) is 0.125. The average Bonchev–Trinajstić information content (AvgIpc) is 2.42. The second-order valence-corrected chi connectivity index (χ2v) is 3.60. The molecule has 1 N–H and O–H groups in total. The van der Waals surface area contributed by atoms with Crippen LogP contribution in [-0.4, -0.2) is 14.5 Å². The summed E-state index contributed by atoms with van der Waals surface area (Å²) in [6.45, 7) is -0.187. The number of aromatic nitrogens is 2. The molecule has 0 aliphatic heterocycles. The lowest BCUT2D eigenvalue weighted by molar-refractivity contribution is 0.270. The zero-order valence-electron chi connectivity index (χ0n) is 6.54. The normalized spacial score (nSPS) is 11.0. The van der Waals surface area contributed by atoms with Gasteiger partial charge in [0.2, 0.25) is 0 Å². The van der Waals surface area contributed by atoms with Gasteiger partial charge in [0.25, 0.3) is 0 Å². The van der Waals surface area contributed by atoms with Crippen molar-refractivity contribution in [2.75, 3.05) is 0 Å². The number of aliphatic hydroxyl groups is 1. The van der Waals surface area contributed by atoms with E-state index in [1.54, 1.807) is 10.5 Å². The molecule has 5 heteroatoms. The van der Waals surface area contributed by atoms with Crippen LogP contribution < -0.4 is 0 Å². The van der Waals surface area contributed by atoms with Crippen LogP contribution in [-0.2, 0) is 6.61 Å². The summed E-state index contributed by atoms with van der Waals surface area (Å²) >= 11 is 2.05. The van der Waals surface area contributed by atoms with E-state index in [-0.39, 0.29) is 12.4 Å². The predicted octanol–water partition coefficient (Wildman–Crippen LogP) is 1.57. The fourth-order valence-corrected chi connectivity index (χ4v) is 1.91. The van der Waals surface area contributed by atoms with Crippen LogP contribution in [0.2, 0.25) is 0 Å². The zero-order valence-corrected chi connectivity index (χ0v) is 8.69. The van der Waals surface area contributed by atoms with Crippen LogP contribution in [0.1, 0.15) is 5.82 Å². The van der Waals surface area contributed by atoms with Crippen molar-refractivity contribution in [2.45, 2.75) is 6.61 Å². The molecule has 0 aliphatic carbocycles. The molecular formula is C8H6FIN2O. The molecule has 2 heterocycles. The third kappa shape index (κ3) is 1.42. The van der Waals surface area contributed by atoms with Crippen molar-refractivity contribution in [3.63, 3.8) is 0 Å². The van der Waals surface area contributed by atoms with E-state index < -0.39 is 0 Å². The lowest BCUT2D eigenvalue weighted by Gasteiger charge is -1.96. The van der Waals surface area contributed by atoms with E-state index in [0.717, 1.165) is 9.22 Å². The summed E-state index contributed by atoms with van der Waals surface area (Å²) in [7, 11) is 0. The largest absolute Gasteiger partial charge is 0.388 e. The van der Waals surface area contributed by atoms with Gasteiger partial charge in [-0.3, -0.25) is 4.40 Å². The van der Waals surface area contributed by atoms with E-state index in [9.17, 15) is 4.39 Å². The van der Waals surface area contributed by atoms with E-state index in [1.807, 2.05) is 22.6 Å². The van der Waals surface area contributed by atoms with Crippen LogP contribution in [0.4, 0.5) is 4.39 Å². The minimum Gasteiger partial charge on any atom is -0.388 e. The van der Waals surface area contributed by atoms with Crippen LogP contribution in [0.5, 0.6) is 0 Å². The lowest BCUT2D eigenvalue weighted by atomic mass is 10.4. The quantitative estimate of drug-likeness (QED) is 0.810. The highest BCUT2D eigenvalue weighted by atomic mass is 127. The Morgan fingerprint density at radius 1 is 1.54 bits per heavy atom. The molecule has 0 spiro atoms. The van der Waals surface area contributed by atoms with Crippen LogP contribution in [0, 0.1) is 9.52 Å². The highest BCUT2D eigenvalue weighted by Crippen LogP contribution is 2.15. The van der Waals surface area contributed by atoms with E-state index in [1.165, 1.54) is 12.3 Å². The van der Waals surface area contributed by atoms with Gasteiger partial charge in [0.1, 0.15) is 21.9 Å². The Balaban J connectivity index is 2.81. The van der Waals surface area contributed by atoms with Crippen molar-refractivity contribution < 1.29 is 9.50 Å². The first-order chi connectivity index (χ1) is 6.22. The van der Waals surface area contributed by atoms with E-state index in [2.05, 4.69) is 4.98 Å². The molecule has 0 saturated heterocycles. The van der Waals surface area contributed by atoms with E-state index in [4.69, 9.17) is 5.11 Å². The maximum absolute atomic E-state index is 12.8. The molecule has 0 fully saturated rings. The van der Waals surface area contributed by atoms with Crippen molar-refractivity contribution in [3.05, 3.63) is 33.7 Å². The van der Waals surface area contributed by atoms with Gasteiger partial charge in [-0.25, -0.2) is 9.37 Å². The number of halogens is 2. The molecule has 0 radical (unpaired) electrons. The average molecular weight is 292 g/mol. The zero-order chi connectivity index (χ0) is 9.42. The maximum atomic E-state index is 12.8. The Morgan fingerprint density at radius 3 is 3.00 bits per heavy atom. The van der Waals surface area contributed by atoms with Crippen LogP contribution in [0.3, 0.4) is 0 Å². The molecule has 2 rings (SSSR count). The maximum Gasteiger partial charge on any atom is 0.140 e. The van der Waals surface area contributed by atoms with E-state index in [0.29, 0.717) is 5.82 Å². The number of fused-ring (bicyclic) bond motifs is 1. The molecule has 0 bridgehead atoms. The van der Waals surface area contributed by atoms with Gasteiger partial charge in [-0.15, -0.1) is 0 Å². The van der Waals surface area contributed by atoms with Gasteiger partial charge in [-0.1, -0.05) is 0 Å². The van der Waals surface area contributed by atoms with Crippen molar-refractivity contribution in [1.82, 2.24) is 9.38 Å². The second-order valence-electron chi connectivity index (χ2n) is 2.58. The third-order valence-corrected chi connectivity index (χ3v) is 2.56. The Labute approximate surface area is 87.4 Å². The summed E-state index contributed by atoms with van der Waals surface area (Å²) in [5, 5.41) is 8.93. The first-order valence-corrected chi connectivity index (χ1v) is 4.73. The molecule has 0 aromatic carbocycles. The number of nitrogens with zero attached hydrogens (tertiary/aromatic N) is 2. The van der Waals surface area contributed by atoms with Gasteiger partial charge in [0.05, 0.1) is 5.52 Å². The molecule has 0 unspecified atom stereocenters. The molecule has 2 aromatic heterocycles. The summed E-state index contributed by atoms with van der Waals surface area (Å²) in [5.41, 5.74) is 0.811. The van der Waals surface area contributed by atoms with Crippen LogP contribution in [0.25, 0.3) is 5.52 Å². The molecule has 0 atom stereocenters. The van der Waals surface area contributed by atoms with Gasteiger partial charge in [0, 0.05) is 6.20 Å². The molecule has 0 amide bonds.